The van der Waals surface area contributed by atoms with Crippen LogP contribution in [0.2, 0.25) is 0 Å². The quantitative estimate of drug-likeness (QED) is 0.840. The second kappa shape index (κ2) is 5.55. The summed E-state index contributed by atoms with van der Waals surface area (Å²) in [6, 6.07) is 9.57. The summed E-state index contributed by atoms with van der Waals surface area (Å²) in [5.74, 6) is 0. The second-order valence-electron chi connectivity index (χ2n) is 4.00. The Balaban J connectivity index is 2.27. The maximum atomic E-state index is 8.94. The highest BCUT2D eigenvalue weighted by atomic mass is 16.3. The van der Waals surface area contributed by atoms with Gasteiger partial charge in [-0.15, -0.1) is 5.11 Å². The average Bonchev–Trinajstić information content (AvgIpc) is 2.64. The van der Waals surface area contributed by atoms with E-state index in [9.17, 15) is 0 Å². The normalized spacial score (nSPS) is 11.3. The molecule has 18 heavy (non-hydrogen) atoms. The molecule has 0 amide bonds. The fourth-order valence-electron chi connectivity index (χ4n) is 1.75. The van der Waals surface area contributed by atoms with E-state index >= 15 is 0 Å². The minimum Gasteiger partial charge on any atom is -0.394 e. The van der Waals surface area contributed by atoms with E-state index < -0.39 is 0 Å². The molecule has 0 bridgehead atoms. The summed E-state index contributed by atoms with van der Waals surface area (Å²) in [6.07, 6.45) is 0. The van der Waals surface area contributed by atoms with Gasteiger partial charge in [0.15, 0.2) is 0 Å². The molecule has 0 unspecified atom stereocenters. The van der Waals surface area contributed by atoms with Crippen LogP contribution in [0.15, 0.2) is 40.6 Å². The fraction of sp³-hybridized carbons (Fsp3) is 0.308. The first-order chi connectivity index (χ1) is 8.72. The van der Waals surface area contributed by atoms with E-state index in [4.69, 9.17) is 5.11 Å². The molecule has 0 fully saturated rings. The predicted octanol–water partition coefficient (Wildman–Crippen LogP) is 2.91. The van der Waals surface area contributed by atoms with Crippen LogP contribution in [0.4, 0.5) is 11.4 Å². The molecule has 0 aliphatic rings. The van der Waals surface area contributed by atoms with Crippen LogP contribution >= 0.6 is 0 Å². The lowest BCUT2D eigenvalue weighted by Gasteiger charge is -1.99. The molecule has 0 saturated carbocycles. The van der Waals surface area contributed by atoms with Crippen LogP contribution in [0.3, 0.4) is 0 Å². The molecule has 0 spiro atoms. The Bertz CT molecular complexity index is 546. The molecule has 2 aromatic rings. The number of benzene rings is 1. The third-order valence-corrected chi connectivity index (χ3v) is 2.68. The van der Waals surface area contributed by atoms with Crippen molar-refractivity contribution < 1.29 is 5.11 Å². The van der Waals surface area contributed by atoms with E-state index in [0.717, 1.165) is 22.8 Å². The molecule has 0 aliphatic carbocycles. The zero-order valence-corrected chi connectivity index (χ0v) is 10.5. The number of aliphatic hydroxyl groups is 1. The molecule has 0 aliphatic heterocycles. The third kappa shape index (κ3) is 2.62. The lowest BCUT2D eigenvalue weighted by Crippen LogP contribution is -2.05. The molecule has 5 heteroatoms. The number of aryl methyl sites for hydroxylation is 1. The van der Waals surface area contributed by atoms with Crippen LogP contribution in [0.25, 0.3) is 0 Å². The van der Waals surface area contributed by atoms with E-state index in [1.54, 1.807) is 4.68 Å². The van der Waals surface area contributed by atoms with Crippen molar-refractivity contribution in [2.24, 2.45) is 10.2 Å². The van der Waals surface area contributed by atoms with Gasteiger partial charge in [0.05, 0.1) is 30.2 Å². The number of hydrogen-bond acceptors (Lipinski definition) is 4. The van der Waals surface area contributed by atoms with Gasteiger partial charge in [-0.05, 0) is 26.0 Å². The van der Waals surface area contributed by atoms with Crippen LogP contribution in [0.1, 0.15) is 11.4 Å². The first kappa shape index (κ1) is 12.4. The Morgan fingerprint density at radius 2 is 1.89 bits per heavy atom. The summed E-state index contributed by atoms with van der Waals surface area (Å²) >= 11 is 0. The van der Waals surface area contributed by atoms with E-state index in [1.165, 1.54) is 0 Å². The monoisotopic (exact) mass is 244 g/mol. The van der Waals surface area contributed by atoms with Gasteiger partial charge in [0.25, 0.3) is 0 Å². The summed E-state index contributed by atoms with van der Waals surface area (Å²) in [4.78, 5) is 0. The largest absolute Gasteiger partial charge is 0.394 e. The van der Waals surface area contributed by atoms with E-state index in [1.807, 2.05) is 44.2 Å². The Hall–Kier alpha value is -2.01. The van der Waals surface area contributed by atoms with E-state index in [0.29, 0.717) is 6.54 Å². The van der Waals surface area contributed by atoms with Crippen LogP contribution in [0.5, 0.6) is 0 Å². The first-order valence-electron chi connectivity index (χ1n) is 5.84. The van der Waals surface area contributed by atoms with Crippen molar-refractivity contribution in [1.29, 1.82) is 0 Å². The molecule has 0 atom stereocenters. The summed E-state index contributed by atoms with van der Waals surface area (Å²) in [5.41, 5.74) is 3.32. The van der Waals surface area contributed by atoms with Crippen molar-refractivity contribution in [3.8, 4) is 0 Å². The first-order valence-corrected chi connectivity index (χ1v) is 5.84. The number of azo groups is 1. The molecule has 0 saturated heterocycles. The van der Waals surface area contributed by atoms with Crippen LogP contribution in [0, 0.1) is 13.8 Å². The maximum Gasteiger partial charge on any atom is 0.129 e. The van der Waals surface area contributed by atoms with E-state index in [2.05, 4.69) is 15.3 Å². The zero-order valence-electron chi connectivity index (χ0n) is 10.5. The SMILES string of the molecule is Cc1nn(CCO)c(C)c1N=Nc1ccccc1. The highest BCUT2D eigenvalue weighted by Gasteiger charge is 2.10. The standard InChI is InChI=1S/C13H16N4O/c1-10-13(11(2)17(16-10)8-9-18)15-14-12-6-4-3-5-7-12/h3-7,18H,8-9H2,1-2H3. The minimum absolute atomic E-state index is 0.0667. The Labute approximate surface area is 106 Å². The molecule has 5 nitrogen and oxygen atoms in total. The molecular weight excluding hydrogens is 228 g/mol. The number of aromatic nitrogens is 2. The maximum absolute atomic E-state index is 8.94. The van der Waals surface area contributed by atoms with Gasteiger partial charge in [0.1, 0.15) is 5.69 Å². The molecule has 94 valence electrons. The molecule has 2 rings (SSSR count). The van der Waals surface area contributed by atoms with Crippen molar-refractivity contribution >= 4 is 11.4 Å². The fourth-order valence-corrected chi connectivity index (χ4v) is 1.75. The lowest BCUT2D eigenvalue weighted by atomic mass is 10.3. The third-order valence-electron chi connectivity index (χ3n) is 2.68. The minimum atomic E-state index is 0.0667. The smallest absolute Gasteiger partial charge is 0.129 e. The van der Waals surface area contributed by atoms with Crippen molar-refractivity contribution in [2.45, 2.75) is 20.4 Å². The van der Waals surface area contributed by atoms with Gasteiger partial charge in [-0.2, -0.15) is 10.2 Å². The van der Waals surface area contributed by atoms with Crippen LogP contribution < -0.4 is 0 Å². The van der Waals surface area contributed by atoms with Gasteiger partial charge in [-0.1, -0.05) is 18.2 Å². The predicted molar refractivity (Wildman–Crippen MR) is 69.4 cm³/mol. The number of rotatable bonds is 4. The molecular formula is C13H16N4O. The van der Waals surface area contributed by atoms with Gasteiger partial charge < -0.3 is 5.11 Å². The Morgan fingerprint density at radius 3 is 2.56 bits per heavy atom. The molecule has 1 N–H and O–H groups in total. The van der Waals surface area contributed by atoms with Gasteiger partial charge in [0, 0.05) is 0 Å². The van der Waals surface area contributed by atoms with Crippen LogP contribution in [-0.2, 0) is 6.54 Å². The highest BCUT2D eigenvalue weighted by molar-refractivity contribution is 5.46. The molecule has 1 aromatic carbocycles. The average molecular weight is 244 g/mol. The van der Waals surface area contributed by atoms with Crippen LogP contribution in [-0.4, -0.2) is 21.5 Å². The van der Waals surface area contributed by atoms with E-state index in [-0.39, 0.29) is 6.61 Å². The summed E-state index contributed by atoms with van der Waals surface area (Å²) < 4.78 is 1.74. The second-order valence-corrected chi connectivity index (χ2v) is 4.00. The van der Waals surface area contributed by atoms with Gasteiger partial charge in [0.2, 0.25) is 0 Å². The summed E-state index contributed by atoms with van der Waals surface area (Å²) in [5, 5.41) is 21.7. The van der Waals surface area contributed by atoms with Gasteiger partial charge in [-0.25, -0.2) is 0 Å². The summed E-state index contributed by atoms with van der Waals surface area (Å²) in [6.45, 7) is 4.36. The van der Waals surface area contributed by atoms with Gasteiger partial charge >= 0.3 is 0 Å². The van der Waals surface area contributed by atoms with Crippen molar-refractivity contribution in [3.63, 3.8) is 0 Å². The molecule has 0 radical (unpaired) electrons. The highest BCUT2D eigenvalue weighted by Crippen LogP contribution is 2.25. The molecule has 1 aromatic heterocycles. The molecule has 1 heterocycles. The Kier molecular flexibility index (Phi) is 3.84. The number of aliphatic hydroxyl groups excluding tert-OH is 1. The zero-order chi connectivity index (χ0) is 13.0. The lowest BCUT2D eigenvalue weighted by molar-refractivity contribution is 0.268. The van der Waals surface area contributed by atoms with Crippen molar-refractivity contribution in [2.75, 3.05) is 6.61 Å². The van der Waals surface area contributed by atoms with Crippen molar-refractivity contribution in [3.05, 3.63) is 41.7 Å². The topological polar surface area (TPSA) is 62.8 Å². The van der Waals surface area contributed by atoms with Gasteiger partial charge in [-0.3, -0.25) is 4.68 Å². The summed E-state index contributed by atoms with van der Waals surface area (Å²) in [7, 11) is 0. The van der Waals surface area contributed by atoms with Crippen molar-refractivity contribution in [1.82, 2.24) is 9.78 Å². The Morgan fingerprint density at radius 1 is 1.17 bits per heavy atom. The number of nitrogens with zero attached hydrogens (tertiary/aromatic N) is 4. The number of hydrogen-bond donors (Lipinski definition) is 1.